The summed E-state index contributed by atoms with van der Waals surface area (Å²) in [5.41, 5.74) is 6.16. The summed E-state index contributed by atoms with van der Waals surface area (Å²) in [6.45, 7) is 0.570. The average Bonchev–Trinajstić information content (AvgIpc) is 3.18. The summed E-state index contributed by atoms with van der Waals surface area (Å²) in [7, 11) is -3.36. The van der Waals surface area contributed by atoms with Crippen LogP contribution in [0.5, 0.6) is 5.75 Å². The smallest absolute Gasteiger partial charge is 0.214 e. The van der Waals surface area contributed by atoms with Crippen molar-refractivity contribution < 1.29 is 18.3 Å². The zero-order valence-corrected chi connectivity index (χ0v) is 12.7. The maximum absolute atomic E-state index is 11.9. The number of rotatable bonds is 9. The third-order valence-corrected chi connectivity index (χ3v) is 5.03. The highest BCUT2D eigenvalue weighted by atomic mass is 32.2. The van der Waals surface area contributed by atoms with Crippen LogP contribution in [0, 0.1) is 5.41 Å². The van der Waals surface area contributed by atoms with Crippen LogP contribution in [0.2, 0.25) is 0 Å². The fourth-order valence-corrected chi connectivity index (χ4v) is 3.11. The van der Waals surface area contributed by atoms with Crippen molar-refractivity contribution in [1.29, 1.82) is 0 Å². The van der Waals surface area contributed by atoms with Crippen molar-refractivity contribution in [3.63, 3.8) is 0 Å². The molecule has 0 aliphatic heterocycles. The lowest BCUT2D eigenvalue weighted by atomic mass is 10.0. The number of benzene rings is 1. The summed E-state index contributed by atoms with van der Waals surface area (Å²) in [4.78, 5) is 0. The van der Waals surface area contributed by atoms with Crippen molar-refractivity contribution in [3.05, 3.63) is 24.3 Å². The molecule has 1 aliphatic carbocycles. The van der Waals surface area contributed by atoms with E-state index in [9.17, 15) is 8.42 Å². The fourth-order valence-electron chi connectivity index (χ4n) is 2.14. The second-order valence-electron chi connectivity index (χ2n) is 5.53. The lowest BCUT2D eigenvalue weighted by Gasteiger charge is -2.15. The van der Waals surface area contributed by atoms with Gasteiger partial charge in [0.1, 0.15) is 12.4 Å². The molecule has 1 fully saturated rings. The Morgan fingerprint density at radius 2 is 2.14 bits per heavy atom. The third-order valence-electron chi connectivity index (χ3n) is 3.75. The topological polar surface area (TPSA) is 102 Å². The van der Waals surface area contributed by atoms with Gasteiger partial charge in [-0.1, -0.05) is 6.07 Å². The summed E-state index contributed by atoms with van der Waals surface area (Å²) in [6.07, 6.45) is 2.58. The van der Waals surface area contributed by atoms with Crippen LogP contribution in [0.25, 0.3) is 0 Å². The standard InChI is InChI=1S/C14H22N2O4S/c15-12-2-1-3-13(10-12)20-8-9-21(18,19)16-11-14(4-5-14)6-7-17/h1-3,10,16-17H,4-9,11,15H2. The summed E-state index contributed by atoms with van der Waals surface area (Å²) >= 11 is 0. The minimum Gasteiger partial charge on any atom is -0.492 e. The van der Waals surface area contributed by atoms with E-state index in [1.165, 1.54) is 0 Å². The van der Waals surface area contributed by atoms with Crippen molar-refractivity contribution >= 4 is 15.7 Å². The van der Waals surface area contributed by atoms with E-state index in [4.69, 9.17) is 15.6 Å². The number of anilines is 1. The van der Waals surface area contributed by atoms with Crippen LogP contribution in [-0.4, -0.2) is 39.0 Å². The number of hydrogen-bond donors (Lipinski definition) is 3. The molecule has 1 aliphatic rings. The quantitative estimate of drug-likeness (QED) is 0.583. The first-order valence-electron chi connectivity index (χ1n) is 7.01. The number of nitrogen functional groups attached to an aromatic ring is 1. The highest BCUT2D eigenvalue weighted by Crippen LogP contribution is 2.47. The fraction of sp³-hybridized carbons (Fsp3) is 0.571. The Hall–Kier alpha value is -1.31. The number of nitrogens with one attached hydrogen (secondary N) is 1. The largest absolute Gasteiger partial charge is 0.492 e. The molecule has 1 aromatic rings. The summed E-state index contributed by atoms with van der Waals surface area (Å²) in [6, 6.07) is 6.88. The van der Waals surface area contributed by atoms with E-state index < -0.39 is 10.0 Å². The van der Waals surface area contributed by atoms with E-state index in [-0.39, 0.29) is 24.4 Å². The Balaban J connectivity index is 1.74. The van der Waals surface area contributed by atoms with Crippen molar-refractivity contribution in [2.45, 2.75) is 19.3 Å². The summed E-state index contributed by atoms with van der Waals surface area (Å²) in [5.74, 6) is 0.459. The molecule has 7 heteroatoms. The average molecular weight is 314 g/mol. The van der Waals surface area contributed by atoms with E-state index in [1.807, 2.05) is 0 Å². The molecular weight excluding hydrogens is 292 g/mol. The lowest BCUT2D eigenvalue weighted by molar-refractivity contribution is 0.249. The van der Waals surface area contributed by atoms with E-state index >= 15 is 0 Å². The molecule has 0 radical (unpaired) electrons. The SMILES string of the molecule is Nc1cccc(OCCS(=O)(=O)NCC2(CCO)CC2)c1. The summed E-state index contributed by atoms with van der Waals surface area (Å²) in [5, 5.41) is 8.95. The van der Waals surface area contributed by atoms with Crippen LogP contribution in [-0.2, 0) is 10.0 Å². The number of sulfonamides is 1. The van der Waals surface area contributed by atoms with Gasteiger partial charge in [0.2, 0.25) is 10.0 Å². The predicted octanol–water partition coefficient (Wildman–Crippen LogP) is 0.730. The maximum atomic E-state index is 11.9. The van der Waals surface area contributed by atoms with Crippen molar-refractivity contribution in [2.24, 2.45) is 5.41 Å². The lowest BCUT2D eigenvalue weighted by Crippen LogP contribution is -2.34. The molecule has 4 N–H and O–H groups in total. The van der Waals surface area contributed by atoms with Crippen LogP contribution >= 0.6 is 0 Å². The van der Waals surface area contributed by atoms with Crippen LogP contribution in [0.15, 0.2) is 24.3 Å². The number of aliphatic hydroxyl groups is 1. The predicted molar refractivity (Wildman–Crippen MR) is 81.5 cm³/mol. The molecule has 0 atom stereocenters. The molecule has 0 saturated heterocycles. The molecule has 0 bridgehead atoms. The van der Waals surface area contributed by atoms with Gasteiger partial charge < -0.3 is 15.6 Å². The van der Waals surface area contributed by atoms with Crippen LogP contribution in [0.1, 0.15) is 19.3 Å². The third kappa shape index (κ3) is 5.18. The van der Waals surface area contributed by atoms with Gasteiger partial charge in [0.05, 0.1) is 5.75 Å². The van der Waals surface area contributed by atoms with E-state index in [2.05, 4.69) is 4.72 Å². The Bertz CT molecular complexity index is 570. The number of ether oxygens (including phenoxy) is 1. The van der Waals surface area contributed by atoms with Crippen LogP contribution in [0.3, 0.4) is 0 Å². The van der Waals surface area contributed by atoms with Crippen molar-refractivity contribution in [3.8, 4) is 5.75 Å². The Morgan fingerprint density at radius 1 is 1.38 bits per heavy atom. The molecule has 0 spiro atoms. The molecule has 21 heavy (non-hydrogen) atoms. The second-order valence-corrected chi connectivity index (χ2v) is 7.46. The van der Waals surface area contributed by atoms with Gasteiger partial charge in [-0.2, -0.15) is 0 Å². The minimum atomic E-state index is -3.36. The molecule has 0 amide bonds. The molecule has 0 unspecified atom stereocenters. The van der Waals surface area contributed by atoms with Crippen molar-refractivity contribution in [1.82, 2.24) is 4.72 Å². The van der Waals surface area contributed by atoms with Crippen molar-refractivity contribution in [2.75, 3.05) is 31.2 Å². The minimum absolute atomic E-state index is 0.0312. The Kier molecular flexibility index (Phi) is 5.08. The molecule has 1 saturated carbocycles. The molecule has 2 rings (SSSR count). The summed E-state index contributed by atoms with van der Waals surface area (Å²) < 4.78 is 31.8. The number of aliphatic hydroxyl groups excluding tert-OH is 1. The van der Waals surface area contributed by atoms with Gasteiger partial charge in [0, 0.05) is 24.9 Å². The normalized spacial score (nSPS) is 16.6. The first-order chi connectivity index (χ1) is 9.95. The van der Waals surface area contributed by atoms with Gasteiger partial charge in [-0.05, 0) is 36.8 Å². The zero-order valence-electron chi connectivity index (χ0n) is 11.9. The van der Waals surface area contributed by atoms with E-state index in [0.717, 1.165) is 12.8 Å². The van der Waals surface area contributed by atoms with Gasteiger partial charge in [-0.3, -0.25) is 0 Å². The van der Waals surface area contributed by atoms with Gasteiger partial charge in [-0.25, -0.2) is 13.1 Å². The second kappa shape index (κ2) is 6.64. The molecule has 1 aromatic carbocycles. The van der Waals surface area contributed by atoms with Gasteiger partial charge in [0.15, 0.2) is 0 Å². The monoisotopic (exact) mass is 314 g/mol. The zero-order chi connectivity index (χ0) is 15.3. The van der Waals surface area contributed by atoms with E-state index in [1.54, 1.807) is 24.3 Å². The Morgan fingerprint density at radius 3 is 2.76 bits per heavy atom. The Labute approximate surface area is 125 Å². The first kappa shape index (κ1) is 16.1. The van der Waals surface area contributed by atoms with Gasteiger partial charge in [-0.15, -0.1) is 0 Å². The van der Waals surface area contributed by atoms with Crippen LogP contribution in [0.4, 0.5) is 5.69 Å². The molecule has 6 nitrogen and oxygen atoms in total. The molecule has 0 heterocycles. The van der Waals surface area contributed by atoms with E-state index in [0.29, 0.717) is 24.4 Å². The molecule has 0 aromatic heterocycles. The highest BCUT2D eigenvalue weighted by molar-refractivity contribution is 7.89. The number of nitrogens with two attached hydrogens (primary N) is 1. The maximum Gasteiger partial charge on any atom is 0.214 e. The highest BCUT2D eigenvalue weighted by Gasteiger charge is 2.42. The molecular formula is C14H22N2O4S. The molecule has 118 valence electrons. The number of hydrogen-bond acceptors (Lipinski definition) is 5. The first-order valence-corrected chi connectivity index (χ1v) is 8.67. The van der Waals surface area contributed by atoms with Gasteiger partial charge >= 0.3 is 0 Å². The van der Waals surface area contributed by atoms with Crippen LogP contribution < -0.4 is 15.2 Å². The van der Waals surface area contributed by atoms with Gasteiger partial charge in [0.25, 0.3) is 0 Å².